The van der Waals surface area contributed by atoms with E-state index in [2.05, 4.69) is 64.1 Å². The van der Waals surface area contributed by atoms with E-state index >= 15 is 4.39 Å². The van der Waals surface area contributed by atoms with Gasteiger partial charge >= 0.3 is 0 Å². The van der Waals surface area contributed by atoms with E-state index in [9.17, 15) is 9.59 Å². The third-order valence-corrected chi connectivity index (χ3v) is 8.39. The van der Waals surface area contributed by atoms with Crippen LogP contribution < -0.4 is 10.6 Å². The van der Waals surface area contributed by atoms with Gasteiger partial charge in [-0.15, -0.1) is 11.6 Å². The first-order valence-electron chi connectivity index (χ1n) is 13.6. The number of hydrogen-bond acceptors (Lipinski definition) is 5. The van der Waals surface area contributed by atoms with E-state index in [1.54, 1.807) is 6.07 Å². The molecule has 0 aliphatic carbocycles. The van der Waals surface area contributed by atoms with Crippen LogP contribution in [0.25, 0.3) is 0 Å². The van der Waals surface area contributed by atoms with Crippen LogP contribution in [0, 0.1) is 5.82 Å². The standard InChI is InChI=1S/C31H32ClFN4O2/c32-24-15-25(19-37(18-24)30(20-7-3-1-4-8-20)21-9-5-2-6-10-21)34-27-14-23-17-36(16-22(23)13-26(27)33)28-11-12-29(38)35-31(28)39/h1-10,13-14,24-25,28,30,34H,11-12,15-19H2,(H,35,38,39). The third-order valence-electron chi connectivity index (χ3n) is 8.07. The normalized spacial score (nSPS) is 24.0. The number of hydrogen-bond donors (Lipinski definition) is 2. The SMILES string of the molecule is O=C1CCC(N2Cc3cc(F)c(NC4CC(Cl)CN(C(c5ccccc5)c5ccccc5)C4)cc3C2)C(=O)N1. The molecule has 6 nitrogen and oxygen atoms in total. The predicted molar refractivity (Wildman–Crippen MR) is 150 cm³/mol. The highest BCUT2D eigenvalue weighted by Crippen LogP contribution is 2.35. The second-order valence-electron chi connectivity index (χ2n) is 10.8. The van der Waals surface area contributed by atoms with Gasteiger partial charge in [-0.05, 0) is 47.2 Å². The van der Waals surface area contributed by atoms with Crippen LogP contribution >= 0.6 is 11.6 Å². The number of rotatable bonds is 6. The largest absolute Gasteiger partial charge is 0.379 e. The molecule has 0 bridgehead atoms. The minimum atomic E-state index is -0.369. The van der Waals surface area contributed by atoms with Crippen LogP contribution in [0.15, 0.2) is 72.8 Å². The Bertz CT molecular complexity index is 1320. The number of nitrogens with zero attached hydrogens (tertiary/aromatic N) is 2. The Kier molecular flexibility index (Phi) is 7.38. The lowest BCUT2D eigenvalue weighted by molar-refractivity contribution is -0.137. The van der Waals surface area contributed by atoms with Gasteiger partial charge in [-0.1, -0.05) is 60.7 Å². The Morgan fingerprint density at radius 2 is 1.56 bits per heavy atom. The molecule has 3 aromatic rings. The molecule has 3 atom stereocenters. The number of piperidine rings is 2. The maximum absolute atomic E-state index is 15.3. The van der Waals surface area contributed by atoms with Gasteiger partial charge in [0.2, 0.25) is 11.8 Å². The molecule has 3 heterocycles. The number of likely N-dealkylation sites (tertiary alicyclic amines) is 1. The van der Waals surface area contributed by atoms with Gasteiger partial charge in [-0.2, -0.15) is 0 Å². The minimum absolute atomic E-state index is 0.0311. The molecule has 2 saturated heterocycles. The second kappa shape index (κ2) is 11.1. The van der Waals surface area contributed by atoms with E-state index in [1.165, 1.54) is 11.1 Å². The fourth-order valence-corrected chi connectivity index (χ4v) is 6.69. The van der Waals surface area contributed by atoms with Crippen molar-refractivity contribution in [3.63, 3.8) is 0 Å². The van der Waals surface area contributed by atoms with Crippen LogP contribution in [0.4, 0.5) is 10.1 Å². The number of carbonyl (C=O) groups is 2. The van der Waals surface area contributed by atoms with Crippen LogP contribution in [0.2, 0.25) is 0 Å². The van der Waals surface area contributed by atoms with Crippen molar-refractivity contribution in [3.8, 4) is 0 Å². The first kappa shape index (κ1) is 26.0. The van der Waals surface area contributed by atoms with E-state index in [-0.39, 0.29) is 41.1 Å². The summed E-state index contributed by atoms with van der Waals surface area (Å²) in [5.74, 6) is -0.795. The fourth-order valence-electron chi connectivity index (χ4n) is 6.30. The number of nitrogens with one attached hydrogen (secondary N) is 2. The zero-order valence-corrected chi connectivity index (χ0v) is 22.4. The number of alkyl halides is 1. The number of benzene rings is 3. The van der Waals surface area contributed by atoms with Gasteiger partial charge < -0.3 is 5.32 Å². The third kappa shape index (κ3) is 5.57. The van der Waals surface area contributed by atoms with Gasteiger partial charge in [0.15, 0.2) is 0 Å². The molecular formula is C31H32ClFN4O2. The Hall–Kier alpha value is -3.26. The molecule has 2 amide bonds. The monoisotopic (exact) mass is 546 g/mol. The van der Waals surface area contributed by atoms with Crippen molar-refractivity contribution in [2.24, 2.45) is 0 Å². The van der Waals surface area contributed by atoms with E-state index in [4.69, 9.17) is 11.6 Å². The number of amides is 2. The lowest BCUT2D eigenvalue weighted by Gasteiger charge is -2.41. The summed E-state index contributed by atoms with van der Waals surface area (Å²) >= 11 is 6.81. The first-order valence-corrected chi connectivity index (χ1v) is 14.0. The average Bonchev–Trinajstić information content (AvgIpc) is 3.32. The maximum Gasteiger partial charge on any atom is 0.243 e. The summed E-state index contributed by atoms with van der Waals surface area (Å²) in [4.78, 5) is 28.4. The van der Waals surface area contributed by atoms with Gasteiger partial charge in [0.05, 0.1) is 17.8 Å². The van der Waals surface area contributed by atoms with Gasteiger partial charge in [0, 0.05) is 44.0 Å². The zero-order chi connectivity index (χ0) is 26.9. The van der Waals surface area contributed by atoms with E-state index in [1.807, 2.05) is 23.1 Å². The van der Waals surface area contributed by atoms with Crippen molar-refractivity contribution < 1.29 is 14.0 Å². The molecule has 3 unspecified atom stereocenters. The summed E-state index contributed by atoms with van der Waals surface area (Å²) < 4.78 is 15.3. The Morgan fingerprint density at radius 1 is 0.923 bits per heavy atom. The van der Waals surface area contributed by atoms with Gasteiger partial charge in [-0.25, -0.2) is 4.39 Å². The van der Waals surface area contributed by atoms with E-state index in [0.717, 1.165) is 30.6 Å². The minimum Gasteiger partial charge on any atom is -0.379 e. The summed E-state index contributed by atoms with van der Waals surface area (Å²) in [5, 5.41) is 5.81. The van der Waals surface area contributed by atoms with Crippen LogP contribution in [-0.4, -0.2) is 52.2 Å². The molecule has 0 aromatic heterocycles. The summed E-state index contributed by atoms with van der Waals surface area (Å²) in [6, 6.07) is 24.0. The Morgan fingerprint density at radius 3 is 2.21 bits per heavy atom. The molecule has 2 N–H and O–H groups in total. The molecule has 0 saturated carbocycles. The molecule has 3 aliphatic heterocycles. The van der Waals surface area contributed by atoms with Crippen molar-refractivity contribution in [1.82, 2.24) is 15.1 Å². The molecule has 0 spiro atoms. The molecule has 0 radical (unpaired) electrons. The molecular weight excluding hydrogens is 515 g/mol. The number of fused-ring (bicyclic) bond motifs is 1. The smallest absolute Gasteiger partial charge is 0.243 e. The van der Waals surface area contributed by atoms with E-state index < -0.39 is 0 Å². The van der Waals surface area contributed by atoms with Crippen molar-refractivity contribution in [2.45, 2.75) is 55.9 Å². The van der Waals surface area contributed by atoms with Crippen molar-refractivity contribution in [1.29, 1.82) is 0 Å². The van der Waals surface area contributed by atoms with Crippen molar-refractivity contribution in [2.75, 3.05) is 18.4 Å². The summed E-state index contributed by atoms with van der Waals surface area (Å²) in [6.07, 6.45) is 1.55. The highest BCUT2D eigenvalue weighted by Gasteiger charge is 2.36. The molecule has 39 heavy (non-hydrogen) atoms. The summed E-state index contributed by atoms with van der Waals surface area (Å²) in [5.41, 5.74) is 4.75. The van der Waals surface area contributed by atoms with Crippen LogP contribution in [0.1, 0.15) is 47.6 Å². The number of carbonyl (C=O) groups excluding carboxylic acids is 2. The van der Waals surface area contributed by atoms with Gasteiger partial charge in [0.25, 0.3) is 0 Å². The lowest BCUT2D eigenvalue weighted by atomic mass is 9.93. The quantitative estimate of drug-likeness (QED) is 0.342. The van der Waals surface area contributed by atoms with Crippen LogP contribution in [0.3, 0.4) is 0 Å². The lowest BCUT2D eigenvalue weighted by Crippen LogP contribution is -2.50. The Labute approximate surface area is 233 Å². The zero-order valence-electron chi connectivity index (χ0n) is 21.7. The summed E-state index contributed by atoms with van der Waals surface area (Å²) in [7, 11) is 0. The van der Waals surface area contributed by atoms with Crippen molar-refractivity contribution in [3.05, 3.63) is 101 Å². The summed E-state index contributed by atoms with van der Waals surface area (Å²) in [6.45, 7) is 2.50. The van der Waals surface area contributed by atoms with Crippen LogP contribution in [-0.2, 0) is 22.7 Å². The molecule has 3 aromatic carbocycles. The topological polar surface area (TPSA) is 64.7 Å². The van der Waals surface area contributed by atoms with Crippen molar-refractivity contribution >= 4 is 29.1 Å². The Balaban J connectivity index is 1.20. The average molecular weight is 547 g/mol. The molecule has 202 valence electrons. The van der Waals surface area contributed by atoms with Crippen LogP contribution in [0.5, 0.6) is 0 Å². The highest BCUT2D eigenvalue weighted by molar-refractivity contribution is 6.20. The maximum atomic E-state index is 15.3. The highest BCUT2D eigenvalue weighted by atomic mass is 35.5. The van der Waals surface area contributed by atoms with E-state index in [0.29, 0.717) is 31.6 Å². The fraction of sp³-hybridized carbons (Fsp3) is 0.355. The number of anilines is 1. The molecule has 2 fully saturated rings. The number of imide groups is 1. The molecule has 6 rings (SSSR count). The number of halogens is 2. The molecule has 8 heteroatoms. The van der Waals surface area contributed by atoms with Gasteiger partial charge in [0.1, 0.15) is 5.82 Å². The molecule has 3 aliphatic rings. The van der Waals surface area contributed by atoms with Gasteiger partial charge in [-0.3, -0.25) is 24.7 Å². The first-order chi connectivity index (χ1) is 18.9. The predicted octanol–water partition coefficient (Wildman–Crippen LogP) is 4.83. The second-order valence-corrected chi connectivity index (χ2v) is 11.4.